The normalized spacial score (nSPS) is 15.2. The van der Waals surface area contributed by atoms with Crippen molar-refractivity contribution < 1.29 is 19.1 Å². The van der Waals surface area contributed by atoms with Gasteiger partial charge >= 0.3 is 5.97 Å². The summed E-state index contributed by atoms with van der Waals surface area (Å²) in [5.41, 5.74) is 6.26. The van der Waals surface area contributed by atoms with Gasteiger partial charge < -0.3 is 15.4 Å². The van der Waals surface area contributed by atoms with Crippen LogP contribution in [0.25, 0.3) is 0 Å². The van der Waals surface area contributed by atoms with Gasteiger partial charge in [0.2, 0.25) is 5.91 Å². The Morgan fingerprint density at radius 1 is 1.38 bits per heavy atom. The van der Waals surface area contributed by atoms with Gasteiger partial charge in [0.15, 0.2) is 0 Å². The first-order valence-corrected chi connectivity index (χ1v) is 8.48. The zero-order valence-electron chi connectivity index (χ0n) is 14.0. The van der Waals surface area contributed by atoms with E-state index in [0.29, 0.717) is 12.1 Å². The number of fused-ring (bicyclic) bond motifs is 1. The second-order valence-corrected chi connectivity index (χ2v) is 7.69. The summed E-state index contributed by atoms with van der Waals surface area (Å²) >= 11 is 3.33. The smallest absolute Gasteiger partial charge is 0.306 e. The van der Waals surface area contributed by atoms with E-state index >= 15 is 0 Å². The molecule has 1 aliphatic rings. The topological polar surface area (TPSA) is 89.7 Å². The lowest BCUT2D eigenvalue weighted by Gasteiger charge is -2.25. The number of carbonyl (C=O) groups excluding carboxylic acids is 3. The molecule has 24 heavy (non-hydrogen) atoms. The van der Waals surface area contributed by atoms with Crippen LogP contribution in [0.15, 0.2) is 22.7 Å². The number of benzene rings is 1. The molecule has 0 fully saturated rings. The van der Waals surface area contributed by atoms with E-state index in [4.69, 9.17) is 10.5 Å². The molecule has 130 valence electrons. The highest BCUT2D eigenvalue weighted by atomic mass is 79.9. The van der Waals surface area contributed by atoms with Gasteiger partial charge in [0.05, 0.1) is 0 Å². The van der Waals surface area contributed by atoms with E-state index in [0.717, 1.165) is 10.0 Å². The number of halogens is 1. The molecule has 1 aromatic carbocycles. The maximum Gasteiger partial charge on any atom is 0.306 e. The minimum absolute atomic E-state index is 0.0225. The number of primary amides is 1. The molecule has 6 nitrogen and oxygen atoms in total. The Hall–Kier alpha value is -1.89. The van der Waals surface area contributed by atoms with Crippen LogP contribution in [0.3, 0.4) is 0 Å². The summed E-state index contributed by atoms with van der Waals surface area (Å²) in [5.74, 6) is -1.29. The fourth-order valence-electron chi connectivity index (χ4n) is 2.65. The van der Waals surface area contributed by atoms with E-state index in [1.54, 1.807) is 26.8 Å². The van der Waals surface area contributed by atoms with Crippen LogP contribution in [-0.4, -0.2) is 34.3 Å². The second kappa shape index (κ2) is 6.93. The second-order valence-electron chi connectivity index (χ2n) is 6.78. The standard InChI is InChI=1S/C17H21BrN2O4/c1-17(2,3)24-14(21)7-6-13(15(19)22)20-9-10-4-5-11(18)8-12(10)16(20)23/h4-5,8,13H,6-7,9H2,1-3H3,(H2,19,22). The van der Waals surface area contributed by atoms with Gasteiger partial charge in [-0.15, -0.1) is 0 Å². The van der Waals surface area contributed by atoms with Crippen molar-refractivity contribution in [3.63, 3.8) is 0 Å². The van der Waals surface area contributed by atoms with Crippen molar-refractivity contribution in [1.82, 2.24) is 4.90 Å². The number of ether oxygens (including phenoxy) is 1. The number of rotatable bonds is 5. The molecule has 0 saturated heterocycles. The predicted octanol–water partition coefficient (Wildman–Crippen LogP) is 2.38. The summed E-state index contributed by atoms with van der Waals surface area (Å²) in [6, 6.07) is 4.57. The largest absolute Gasteiger partial charge is 0.460 e. The lowest BCUT2D eigenvalue weighted by molar-refractivity contribution is -0.155. The number of amides is 2. The maximum atomic E-state index is 12.5. The number of nitrogens with two attached hydrogens (primary N) is 1. The van der Waals surface area contributed by atoms with Crippen molar-refractivity contribution in [3.05, 3.63) is 33.8 Å². The summed E-state index contributed by atoms with van der Waals surface area (Å²) in [6.07, 6.45) is 0.167. The SMILES string of the molecule is CC(C)(C)OC(=O)CCC(C(N)=O)N1Cc2ccc(Br)cc2C1=O. The summed E-state index contributed by atoms with van der Waals surface area (Å²) in [7, 11) is 0. The molecule has 0 spiro atoms. The summed E-state index contributed by atoms with van der Waals surface area (Å²) in [6.45, 7) is 5.63. The van der Waals surface area contributed by atoms with E-state index in [1.807, 2.05) is 12.1 Å². The van der Waals surface area contributed by atoms with E-state index in [9.17, 15) is 14.4 Å². The summed E-state index contributed by atoms with van der Waals surface area (Å²) in [4.78, 5) is 37.6. The van der Waals surface area contributed by atoms with Crippen LogP contribution in [0.4, 0.5) is 0 Å². The zero-order valence-corrected chi connectivity index (χ0v) is 15.6. The van der Waals surface area contributed by atoms with Crippen molar-refractivity contribution in [2.75, 3.05) is 0 Å². The number of hydrogen-bond acceptors (Lipinski definition) is 4. The Balaban J connectivity index is 2.08. The van der Waals surface area contributed by atoms with Crippen LogP contribution in [0.5, 0.6) is 0 Å². The molecule has 0 aromatic heterocycles. The monoisotopic (exact) mass is 396 g/mol. The molecule has 2 rings (SSSR count). The van der Waals surface area contributed by atoms with Gasteiger partial charge in [0.1, 0.15) is 11.6 Å². The van der Waals surface area contributed by atoms with Gasteiger partial charge in [-0.25, -0.2) is 0 Å². The molecule has 1 aromatic rings. The summed E-state index contributed by atoms with van der Waals surface area (Å²) in [5, 5.41) is 0. The van der Waals surface area contributed by atoms with Crippen molar-refractivity contribution in [2.45, 2.75) is 51.8 Å². The quantitative estimate of drug-likeness (QED) is 0.773. The first-order valence-electron chi connectivity index (χ1n) is 7.69. The van der Waals surface area contributed by atoms with Crippen LogP contribution in [0, 0.1) is 0 Å². The lowest BCUT2D eigenvalue weighted by atomic mass is 10.1. The number of esters is 1. The van der Waals surface area contributed by atoms with Gasteiger partial charge in [-0.1, -0.05) is 22.0 Å². The lowest BCUT2D eigenvalue weighted by Crippen LogP contribution is -2.45. The zero-order chi connectivity index (χ0) is 18.1. The molecular weight excluding hydrogens is 376 g/mol. The first kappa shape index (κ1) is 18.4. The Morgan fingerprint density at radius 2 is 2.04 bits per heavy atom. The van der Waals surface area contributed by atoms with E-state index < -0.39 is 23.5 Å². The van der Waals surface area contributed by atoms with Crippen molar-refractivity contribution in [3.8, 4) is 0 Å². The molecule has 1 aliphatic heterocycles. The third-order valence-electron chi connectivity index (χ3n) is 3.65. The van der Waals surface area contributed by atoms with Crippen molar-refractivity contribution in [1.29, 1.82) is 0 Å². The highest BCUT2D eigenvalue weighted by Gasteiger charge is 2.35. The van der Waals surface area contributed by atoms with Crippen LogP contribution in [0.2, 0.25) is 0 Å². The average Bonchev–Trinajstić information content (AvgIpc) is 2.74. The maximum absolute atomic E-state index is 12.5. The van der Waals surface area contributed by atoms with Gasteiger partial charge in [0, 0.05) is 23.0 Å². The molecule has 2 N–H and O–H groups in total. The highest BCUT2D eigenvalue weighted by Crippen LogP contribution is 2.28. The van der Waals surface area contributed by atoms with E-state index in [-0.39, 0.29) is 18.7 Å². The third kappa shape index (κ3) is 4.35. The Kier molecular flexibility index (Phi) is 5.32. The fourth-order valence-corrected chi connectivity index (χ4v) is 3.01. The average molecular weight is 397 g/mol. The first-order chi connectivity index (χ1) is 11.1. The molecule has 0 aliphatic carbocycles. The molecule has 0 bridgehead atoms. The minimum Gasteiger partial charge on any atom is -0.460 e. The minimum atomic E-state index is -0.837. The van der Waals surface area contributed by atoms with Crippen LogP contribution >= 0.6 is 15.9 Å². The molecule has 7 heteroatoms. The molecule has 1 atom stereocenters. The number of nitrogens with zero attached hydrogens (tertiary/aromatic N) is 1. The summed E-state index contributed by atoms with van der Waals surface area (Å²) < 4.78 is 6.03. The van der Waals surface area contributed by atoms with Crippen LogP contribution in [0.1, 0.15) is 49.5 Å². The number of carbonyl (C=O) groups is 3. The van der Waals surface area contributed by atoms with E-state index in [1.165, 1.54) is 4.90 Å². The molecule has 2 amide bonds. The van der Waals surface area contributed by atoms with Gasteiger partial charge in [0.25, 0.3) is 5.91 Å². The van der Waals surface area contributed by atoms with Gasteiger partial charge in [-0.05, 0) is 44.9 Å². The van der Waals surface area contributed by atoms with Crippen LogP contribution < -0.4 is 5.73 Å². The van der Waals surface area contributed by atoms with Gasteiger partial charge in [-0.2, -0.15) is 0 Å². The number of hydrogen-bond donors (Lipinski definition) is 1. The Labute approximate surface area is 149 Å². The third-order valence-corrected chi connectivity index (χ3v) is 4.14. The molecule has 1 heterocycles. The predicted molar refractivity (Wildman–Crippen MR) is 92.1 cm³/mol. The van der Waals surface area contributed by atoms with Gasteiger partial charge in [-0.3, -0.25) is 14.4 Å². The Morgan fingerprint density at radius 3 is 2.62 bits per heavy atom. The molecule has 0 saturated carbocycles. The molecular formula is C17H21BrN2O4. The fraction of sp³-hybridized carbons (Fsp3) is 0.471. The van der Waals surface area contributed by atoms with E-state index in [2.05, 4.69) is 15.9 Å². The molecule has 1 unspecified atom stereocenters. The Bertz CT molecular complexity index is 682. The van der Waals surface area contributed by atoms with Crippen LogP contribution in [-0.2, 0) is 20.9 Å². The van der Waals surface area contributed by atoms with Crippen molar-refractivity contribution >= 4 is 33.7 Å². The highest BCUT2D eigenvalue weighted by molar-refractivity contribution is 9.10. The molecule has 0 radical (unpaired) electrons. The van der Waals surface area contributed by atoms with Crippen molar-refractivity contribution in [2.24, 2.45) is 5.73 Å².